The molecule has 0 aromatic heterocycles. The summed E-state index contributed by atoms with van der Waals surface area (Å²) in [6, 6.07) is 3.72. The molecule has 0 spiro atoms. The van der Waals surface area contributed by atoms with Gasteiger partial charge in [-0.15, -0.1) is 0 Å². The number of carbonyl (C=O) groups is 1. The van der Waals surface area contributed by atoms with Crippen LogP contribution in [-0.2, 0) is 0 Å². The molecule has 100 valence electrons. The molecule has 4 nitrogen and oxygen atoms in total. The lowest BCUT2D eigenvalue weighted by Gasteiger charge is -2.16. The van der Waals surface area contributed by atoms with E-state index in [4.69, 9.17) is 16.7 Å². The molecule has 0 heterocycles. The summed E-state index contributed by atoms with van der Waals surface area (Å²) in [7, 11) is 0. The Bertz CT molecular complexity index is 415. The van der Waals surface area contributed by atoms with Gasteiger partial charge in [0.25, 0.3) is 0 Å². The van der Waals surface area contributed by atoms with E-state index in [-0.39, 0.29) is 23.4 Å². The van der Waals surface area contributed by atoms with E-state index in [1.165, 1.54) is 12.1 Å². The fraction of sp³-hybridized carbons (Fsp3) is 0.417. The summed E-state index contributed by atoms with van der Waals surface area (Å²) in [5.74, 6) is -0.662. The number of hydrogen-bond acceptors (Lipinski definition) is 2. The smallest absolute Gasteiger partial charge is 0.319 e. The van der Waals surface area contributed by atoms with E-state index in [2.05, 4.69) is 10.6 Å². The lowest BCUT2D eigenvalue weighted by molar-refractivity contribution is 0.237. The minimum atomic E-state index is -0.662. The molecular weight excluding hydrogens is 259 g/mol. The number of hydrogen-bond donors (Lipinski definition) is 3. The summed E-state index contributed by atoms with van der Waals surface area (Å²) < 4.78 is 13.5. The molecule has 2 amide bonds. The number of aliphatic hydroxyl groups excluding tert-OH is 1. The zero-order chi connectivity index (χ0) is 13.5. The van der Waals surface area contributed by atoms with Gasteiger partial charge in [-0.05, 0) is 25.0 Å². The number of benzene rings is 1. The van der Waals surface area contributed by atoms with Crippen LogP contribution in [0.15, 0.2) is 18.2 Å². The van der Waals surface area contributed by atoms with Crippen molar-refractivity contribution in [2.45, 2.75) is 25.8 Å². The van der Waals surface area contributed by atoms with Gasteiger partial charge in [-0.3, -0.25) is 0 Å². The van der Waals surface area contributed by atoms with Gasteiger partial charge in [0.05, 0.1) is 10.7 Å². The van der Waals surface area contributed by atoms with Gasteiger partial charge in [-0.2, -0.15) is 0 Å². The largest absolute Gasteiger partial charge is 0.396 e. The summed E-state index contributed by atoms with van der Waals surface area (Å²) >= 11 is 5.60. The lowest BCUT2D eigenvalue weighted by atomic mass is 10.2. The normalized spacial score (nSPS) is 12.0. The highest BCUT2D eigenvalue weighted by Crippen LogP contribution is 2.21. The summed E-state index contributed by atoms with van der Waals surface area (Å²) in [4.78, 5) is 11.6. The van der Waals surface area contributed by atoms with Crippen LogP contribution in [0.5, 0.6) is 0 Å². The van der Waals surface area contributed by atoms with Crippen LogP contribution in [0, 0.1) is 5.82 Å². The predicted molar refractivity (Wildman–Crippen MR) is 69.3 cm³/mol. The van der Waals surface area contributed by atoms with E-state index in [1.807, 2.05) is 6.92 Å². The van der Waals surface area contributed by atoms with E-state index in [1.54, 1.807) is 6.07 Å². The second-order valence-corrected chi connectivity index (χ2v) is 4.22. The van der Waals surface area contributed by atoms with Crippen molar-refractivity contribution < 1.29 is 14.3 Å². The molecule has 1 aromatic carbocycles. The lowest BCUT2D eigenvalue weighted by Crippen LogP contribution is -2.38. The van der Waals surface area contributed by atoms with Crippen LogP contribution >= 0.6 is 11.6 Å². The maximum absolute atomic E-state index is 13.5. The van der Waals surface area contributed by atoms with Crippen LogP contribution in [0.3, 0.4) is 0 Å². The third-order valence-corrected chi connectivity index (χ3v) is 2.80. The Kier molecular flexibility index (Phi) is 5.88. The Morgan fingerprint density at radius 3 is 2.89 bits per heavy atom. The zero-order valence-electron chi connectivity index (χ0n) is 10.0. The zero-order valence-corrected chi connectivity index (χ0v) is 10.8. The second-order valence-electron chi connectivity index (χ2n) is 3.82. The van der Waals surface area contributed by atoms with Crippen molar-refractivity contribution in [2.75, 3.05) is 11.9 Å². The van der Waals surface area contributed by atoms with E-state index >= 15 is 0 Å². The third kappa shape index (κ3) is 4.16. The molecule has 3 N–H and O–H groups in total. The summed E-state index contributed by atoms with van der Waals surface area (Å²) in [6.45, 7) is 1.88. The minimum absolute atomic E-state index is 0.00961. The fourth-order valence-corrected chi connectivity index (χ4v) is 1.65. The second kappa shape index (κ2) is 7.18. The average Bonchev–Trinajstić information content (AvgIpc) is 2.34. The Hall–Kier alpha value is -1.33. The van der Waals surface area contributed by atoms with Gasteiger partial charge >= 0.3 is 6.03 Å². The highest BCUT2D eigenvalue weighted by Gasteiger charge is 2.12. The molecule has 1 unspecified atom stereocenters. The molecule has 18 heavy (non-hydrogen) atoms. The van der Waals surface area contributed by atoms with Gasteiger partial charge in [0.15, 0.2) is 5.82 Å². The van der Waals surface area contributed by atoms with Crippen LogP contribution in [0.4, 0.5) is 14.9 Å². The summed E-state index contributed by atoms with van der Waals surface area (Å²) in [5.41, 5.74) is 0.0267. The number of anilines is 1. The maximum Gasteiger partial charge on any atom is 0.319 e. The molecule has 0 radical (unpaired) electrons. The van der Waals surface area contributed by atoms with Crippen molar-refractivity contribution in [1.29, 1.82) is 0 Å². The molecule has 0 bridgehead atoms. The van der Waals surface area contributed by atoms with Crippen molar-refractivity contribution in [3.8, 4) is 0 Å². The van der Waals surface area contributed by atoms with Crippen LogP contribution in [0.1, 0.15) is 19.8 Å². The number of nitrogens with one attached hydrogen (secondary N) is 2. The summed E-state index contributed by atoms with van der Waals surface area (Å²) in [6.07, 6.45) is 1.15. The van der Waals surface area contributed by atoms with E-state index in [0.29, 0.717) is 12.8 Å². The van der Waals surface area contributed by atoms with Gasteiger partial charge in [-0.25, -0.2) is 9.18 Å². The molecule has 0 aliphatic rings. The molecule has 0 fully saturated rings. The molecular formula is C12H16ClFN2O2. The van der Waals surface area contributed by atoms with Crippen molar-refractivity contribution >= 4 is 23.3 Å². The first-order chi connectivity index (χ1) is 8.58. The van der Waals surface area contributed by atoms with Crippen molar-refractivity contribution in [2.24, 2.45) is 0 Å². The SMILES string of the molecule is CCC(CCO)NC(=O)Nc1cccc(Cl)c1F. The third-order valence-electron chi connectivity index (χ3n) is 2.51. The van der Waals surface area contributed by atoms with Gasteiger partial charge in [-0.1, -0.05) is 24.6 Å². The monoisotopic (exact) mass is 274 g/mol. The molecule has 1 aromatic rings. The number of urea groups is 1. The Labute approximate surface area is 110 Å². The number of rotatable bonds is 5. The molecule has 0 aliphatic heterocycles. The summed E-state index contributed by atoms with van der Waals surface area (Å²) in [5, 5.41) is 13.8. The molecule has 0 saturated heterocycles. The number of aliphatic hydroxyl groups is 1. The van der Waals surface area contributed by atoms with Crippen molar-refractivity contribution in [1.82, 2.24) is 5.32 Å². The van der Waals surface area contributed by atoms with Crippen molar-refractivity contribution in [3.63, 3.8) is 0 Å². The fourth-order valence-electron chi connectivity index (χ4n) is 1.48. The molecule has 0 aliphatic carbocycles. The van der Waals surface area contributed by atoms with Crippen LogP contribution < -0.4 is 10.6 Å². The first-order valence-electron chi connectivity index (χ1n) is 5.70. The van der Waals surface area contributed by atoms with Gasteiger partial charge < -0.3 is 15.7 Å². The first kappa shape index (κ1) is 14.7. The minimum Gasteiger partial charge on any atom is -0.396 e. The quantitative estimate of drug-likeness (QED) is 0.773. The van der Waals surface area contributed by atoms with Crippen LogP contribution in [-0.4, -0.2) is 23.8 Å². The number of carbonyl (C=O) groups excluding carboxylic acids is 1. The number of halogens is 2. The van der Waals surface area contributed by atoms with E-state index in [0.717, 1.165) is 0 Å². The highest BCUT2D eigenvalue weighted by molar-refractivity contribution is 6.31. The van der Waals surface area contributed by atoms with Gasteiger partial charge in [0.1, 0.15) is 0 Å². The van der Waals surface area contributed by atoms with Crippen LogP contribution in [0.2, 0.25) is 5.02 Å². The molecule has 6 heteroatoms. The van der Waals surface area contributed by atoms with Gasteiger partial charge in [0, 0.05) is 12.6 Å². The average molecular weight is 275 g/mol. The Balaban J connectivity index is 2.61. The van der Waals surface area contributed by atoms with Gasteiger partial charge in [0.2, 0.25) is 0 Å². The predicted octanol–water partition coefficient (Wildman–Crippen LogP) is 2.76. The number of amides is 2. The van der Waals surface area contributed by atoms with E-state index < -0.39 is 11.8 Å². The highest BCUT2D eigenvalue weighted by atomic mass is 35.5. The molecule has 1 rings (SSSR count). The van der Waals surface area contributed by atoms with Crippen LogP contribution in [0.25, 0.3) is 0 Å². The molecule has 1 atom stereocenters. The Morgan fingerprint density at radius 1 is 1.56 bits per heavy atom. The maximum atomic E-state index is 13.5. The topological polar surface area (TPSA) is 61.4 Å². The van der Waals surface area contributed by atoms with Crippen molar-refractivity contribution in [3.05, 3.63) is 29.0 Å². The van der Waals surface area contributed by atoms with E-state index in [9.17, 15) is 9.18 Å². The standard InChI is InChI=1S/C12H16ClFN2O2/c1-2-8(6-7-17)15-12(18)16-10-5-3-4-9(13)11(10)14/h3-5,8,17H,2,6-7H2,1H3,(H2,15,16,18). The molecule has 0 saturated carbocycles. The first-order valence-corrected chi connectivity index (χ1v) is 6.08. The Morgan fingerprint density at radius 2 is 2.28 bits per heavy atom.